The summed E-state index contributed by atoms with van der Waals surface area (Å²) >= 11 is 12.4. The summed E-state index contributed by atoms with van der Waals surface area (Å²) in [4.78, 5) is 12.7. The number of benzene rings is 2. The quantitative estimate of drug-likeness (QED) is 0.660. The van der Waals surface area contributed by atoms with Crippen LogP contribution in [0.3, 0.4) is 0 Å². The van der Waals surface area contributed by atoms with E-state index in [-0.39, 0.29) is 16.9 Å². The molecule has 1 N–H and O–H groups in total. The molecule has 0 bridgehead atoms. The molecule has 0 saturated carbocycles. The van der Waals surface area contributed by atoms with E-state index >= 15 is 0 Å². The summed E-state index contributed by atoms with van der Waals surface area (Å²) in [6, 6.07) is 11.3. The van der Waals surface area contributed by atoms with Gasteiger partial charge in [-0.05, 0) is 49.2 Å². The van der Waals surface area contributed by atoms with Gasteiger partial charge in [-0.3, -0.25) is 4.79 Å². The number of anilines is 1. The third-order valence-corrected chi connectivity index (χ3v) is 4.61. The summed E-state index contributed by atoms with van der Waals surface area (Å²) in [5.41, 5.74) is 3.13. The van der Waals surface area contributed by atoms with Crippen molar-refractivity contribution in [3.8, 4) is 0 Å². The van der Waals surface area contributed by atoms with Crippen molar-refractivity contribution in [2.24, 2.45) is 0 Å². The van der Waals surface area contributed by atoms with E-state index in [0.29, 0.717) is 28.5 Å². The monoisotopic (exact) mass is 391 g/mol. The minimum atomic E-state index is -0.358. The van der Waals surface area contributed by atoms with Gasteiger partial charge in [-0.2, -0.15) is 5.10 Å². The van der Waals surface area contributed by atoms with Crippen molar-refractivity contribution in [2.45, 2.75) is 20.4 Å². The number of aryl methyl sites for hydroxylation is 2. The Morgan fingerprint density at radius 2 is 1.85 bits per heavy atom. The van der Waals surface area contributed by atoms with Gasteiger partial charge in [0.1, 0.15) is 11.0 Å². The van der Waals surface area contributed by atoms with Gasteiger partial charge >= 0.3 is 0 Å². The Balaban J connectivity index is 1.86. The Morgan fingerprint density at radius 1 is 1.15 bits per heavy atom. The molecule has 0 aliphatic carbocycles. The molecule has 1 amide bonds. The average molecular weight is 392 g/mol. The van der Waals surface area contributed by atoms with Gasteiger partial charge in [0.2, 0.25) is 0 Å². The second-order valence-corrected chi connectivity index (χ2v) is 6.74. The lowest BCUT2D eigenvalue weighted by Crippen LogP contribution is -2.14. The lowest BCUT2D eigenvalue weighted by Gasteiger charge is -2.09. The maximum atomic E-state index is 13.0. The molecule has 0 radical (unpaired) electrons. The highest BCUT2D eigenvalue weighted by atomic mass is 35.5. The molecule has 4 nitrogen and oxygen atoms in total. The number of carbonyl (C=O) groups excluding carboxylic acids is 1. The van der Waals surface area contributed by atoms with Crippen LogP contribution >= 0.6 is 23.2 Å². The highest BCUT2D eigenvalue weighted by molar-refractivity contribution is 6.34. The minimum Gasteiger partial charge on any atom is -0.322 e. The number of nitrogens with one attached hydrogen (secondary N) is 1. The lowest BCUT2D eigenvalue weighted by atomic mass is 10.2. The molecular formula is C19H16Cl2FN3O. The summed E-state index contributed by atoms with van der Waals surface area (Å²) in [5, 5.41) is 7.91. The van der Waals surface area contributed by atoms with Crippen LogP contribution in [0.5, 0.6) is 0 Å². The van der Waals surface area contributed by atoms with Crippen LogP contribution in [0, 0.1) is 19.7 Å². The van der Waals surface area contributed by atoms with E-state index in [1.807, 2.05) is 13.0 Å². The zero-order valence-electron chi connectivity index (χ0n) is 14.2. The van der Waals surface area contributed by atoms with E-state index in [2.05, 4.69) is 10.4 Å². The number of halogens is 3. The maximum Gasteiger partial charge on any atom is 0.260 e. The molecule has 1 aromatic heterocycles. The molecule has 0 aliphatic rings. The van der Waals surface area contributed by atoms with Gasteiger partial charge in [-0.15, -0.1) is 0 Å². The van der Waals surface area contributed by atoms with Gasteiger partial charge in [-0.1, -0.05) is 41.4 Å². The first-order valence-electron chi connectivity index (χ1n) is 7.90. The average Bonchev–Trinajstić information content (AvgIpc) is 2.87. The molecule has 2 aromatic carbocycles. The Bertz CT molecular complexity index is 968. The van der Waals surface area contributed by atoms with Crippen molar-refractivity contribution in [3.05, 3.63) is 80.8 Å². The molecule has 0 unspecified atom stereocenters. The van der Waals surface area contributed by atoms with Gasteiger partial charge in [0.05, 0.1) is 17.8 Å². The first kappa shape index (κ1) is 18.4. The number of hydrogen-bond donors (Lipinski definition) is 1. The highest BCUT2D eigenvalue weighted by Gasteiger charge is 2.21. The van der Waals surface area contributed by atoms with Gasteiger partial charge in [-0.25, -0.2) is 9.07 Å². The number of hydrogen-bond acceptors (Lipinski definition) is 2. The number of carbonyl (C=O) groups is 1. The predicted octanol–water partition coefficient (Wildman–Crippen LogP) is 5.25. The van der Waals surface area contributed by atoms with Crippen molar-refractivity contribution < 1.29 is 9.18 Å². The fourth-order valence-corrected chi connectivity index (χ4v) is 3.08. The zero-order chi connectivity index (χ0) is 18.8. The van der Waals surface area contributed by atoms with Crippen molar-refractivity contribution in [3.63, 3.8) is 0 Å². The largest absolute Gasteiger partial charge is 0.322 e. The Morgan fingerprint density at radius 3 is 2.54 bits per heavy atom. The topological polar surface area (TPSA) is 46.9 Å². The van der Waals surface area contributed by atoms with Gasteiger partial charge in [0, 0.05) is 10.7 Å². The van der Waals surface area contributed by atoms with Crippen LogP contribution in [0.25, 0.3) is 0 Å². The highest BCUT2D eigenvalue weighted by Crippen LogP contribution is 2.25. The third kappa shape index (κ3) is 3.89. The van der Waals surface area contributed by atoms with Crippen molar-refractivity contribution in [2.75, 3.05) is 5.32 Å². The third-order valence-electron chi connectivity index (χ3n) is 3.99. The molecular weight excluding hydrogens is 376 g/mol. The fourth-order valence-electron chi connectivity index (χ4n) is 2.59. The molecule has 0 fully saturated rings. The number of nitrogens with zero attached hydrogens (tertiary/aromatic N) is 2. The molecule has 134 valence electrons. The molecule has 3 rings (SSSR count). The molecule has 7 heteroatoms. The molecule has 26 heavy (non-hydrogen) atoms. The molecule has 0 atom stereocenters. The molecule has 3 aromatic rings. The van der Waals surface area contributed by atoms with Crippen molar-refractivity contribution >= 4 is 34.8 Å². The molecule has 0 aliphatic heterocycles. The van der Waals surface area contributed by atoms with Gasteiger partial charge in [0.25, 0.3) is 5.91 Å². The summed E-state index contributed by atoms with van der Waals surface area (Å²) in [6.45, 7) is 3.93. The van der Waals surface area contributed by atoms with Crippen LogP contribution in [0.2, 0.25) is 10.2 Å². The number of rotatable bonds is 4. The van der Waals surface area contributed by atoms with Crippen LogP contribution in [0.15, 0.2) is 42.5 Å². The summed E-state index contributed by atoms with van der Waals surface area (Å²) < 4.78 is 14.6. The summed E-state index contributed by atoms with van der Waals surface area (Å²) in [7, 11) is 0. The first-order valence-corrected chi connectivity index (χ1v) is 8.65. The van der Waals surface area contributed by atoms with E-state index in [4.69, 9.17) is 23.2 Å². The van der Waals surface area contributed by atoms with Gasteiger partial charge < -0.3 is 5.32 Å². The van der Waals surface area contributed by atoms with Crippen LogP contribution in [0.4, 0.5) is 10.1 Å². The Labute approximate surface area is 160 Å². The van der Waals surface area contributed by atoms with Crippen LogP contribution in [0.1, 0.15) is 27.2 Å². The predicted molar refractivity (Wildman–Crippen MR) is 102 cm³/mol. The second kappa shape index (κ2) is 7.48. The molecule has 0 saturated heterocycles. The SMILES string of the molecule is Cc1ccc(Cl)cc1NC(=O)c1c(C)nn(Cc2ccc(F)cc2)c1Cl. The normalized spacial score (nSPS) is 10.8. The van der Waals surface area contributed by atoms with Crippen LogP contribution < -0.4 is 5.32 Å². The maximum absolute atomic E-state index is 13.0. The van der Waals surface area contributed by atoms with Gasteiger partial charge in [0.15, 0.2) is 0 Å². The first-order chi connectivity index (χ1) is 12.3. The van der Waals surface area contributed by atoms with E-state index in [9.17, 15) is 9.18 Å². The van der Waals surface area contributed by atoms with E-state index in [1.165, 1.54) is 16.8 Å². The number of aromatic nitrogens is 2. The van der Waals surface area contributed by atoms with E-state index in [0.717, 1.165) is 11.1 Å². The zero-order valence-corrected chi connectivity index (χ0v) is 15.7. The lowest BCUT2D eigenvalue weighted by molar-refractivity contribution is 0.102. The van der Waals surface area contributed by atoms with E-state index in [1.54, 1.807) is 31.2 Å². The number of amides is 1. The fraction of sp³-hybridized carbons (Fsp3) is 0.158. The second-order valence-electron chi connectivity index (χ2n) is 5.95. The summed E-state index contributed by atoms with van der Waals surface area (Å²) in [5.74, 6) is -0.670. The smallest absolute Gasteiger partial charge is 0.260 e. The Hall–Kier alpha value is -2.37. The molecule has 1 heterocycles. The van der Waals surface area contributed by atoms with E-state index < -0.39 is 0 Å². The Kier molecular flexibility index (Phi) is 5.30. The molecule has 0 spiro atoms. The van der Waals surface area contributed by atoms with Crippen molar-refractivity contribution in [1.82, 2.24) is 9.78 Å². The summed E-state index contributed by atoms with van der Waals surface area (Å²) in [6.07, 6.45) is 0. The van der Waals surface area contributed by atoms with Crippen LogP contribution in [-0.2, 0) is 6.54 Å². The minimum absolute atomic E-state index is 0.226. The van der Waals surface area contributed by atoms with Crippen molar-refractivity contribution in [1.29, 1.82) is 0 Å². The standard InChI is InChI=1S/C19H16Cl2FN3O/c1-11-3-6-14(20)9-16(11)23-19(26)17-12(2)24-25(18(17)21)10-13-4-7-15(22)8-5-13/h3-9H,10H2,1-2H3,(H,23,26). The van der Waals surface area contributed by atoms with Crippen LogP contribution in [-0.4, -0.2) is 15.7 Å².